The van der Waals surface area contributed by atoms with Crippen molar-refractivity contribution in [1.29, 1.82) is 0 Å². The zero-order valence-electron chi connectivity index (χ0n) is 7.31. The summed E-state index contributed by atoms with van der Waals surface area (Å²) in [4.78, 5) is 4.16. The maximum Gasteiger partial charge on any atom is 0.113 e. The highest BCUT2D eigenvalue weighted by Gasteiger charge is 2.05. The number of nitrogen functional groups attached to an aromatic ring is 1. The lowest BCUT2D eigenvalue weighted by Crippen LogP contribution is -1.94. The van der Waals surface area contributed by atoms with Gasteiger partial charge in [-0.1, -0.05) is 0 Å². The monoisotopic (exact) mass is 174 g/mol. The minimum absolute atomic E-state index is 0.654. The first-order valence-corrected chi connectivity index (χ1v) is 3.98. The maximum atomic E-state index is 5.75. The molecular formula is C9H10N4. The molecule has 4 nitrogen and oxygen atoms in total. The van der Waals surface area contributed by atoms with Crippen LogP contribution in [0.4, 0.5) is 5.69 Å². The Kier molecular flexibility index (Phi) is 1.73. The van der Waals surface area contributed by atoms with Gasteiger partial charge in [0.1, 0.15) is 11.4 Å². The van der Waals surface area contributed by atoms with E-state index in [1.54, 1.807) is 10.9 Å². The zero-order chi connectivity index (χ0) is 9.26. The van der Waals surface area contributed by atoms with Gasteiger partial charge < -0.3 is 5.73 Å². The molecule has 13 heavy (non-hydrogen) atoms. The van der Waals surface area contributed by atoms with Crippen molar-refractivity contribution in [2.24, 2.45) is 7.05 Å². The fourth-order valence-corrected chi connectivity index (χ4v) is 1.17. The minimum atomic E-state index is 0.654. The molecule has 0 radical (unpaired) electrons. The molecule has 2 aromatic heterocycles. The van der Waals surface area contributed by atoms with Crippen molar-refractivity contribution in [2.45, 2.75) is 0 Å². The second-order valence-corrected chi connectivity index (χ2v) is 2.82. The molecule has 0 spiro atoms. The molecule has 66 valence electrons. The van der Waals surface area contributed by atoms with Crippen molar-refractivity contribution in [3.05, 3.63) is 30.6 Å². The van der Waals surface area contributed by atoms with E-state index in [1.807, 2.05) is 31.4 Å². The van der Waals surface area contributed by atoms with E-state index < -0.39 is 0 Å². The molecule has 2 rings (SSSR count). The summed E-state index contributed by atoms with van der Waals surface area (Å²) >= 11 is 0. The van der Waals surface area contributed by atoms with Crippen LogP contribution in [0.3, 0.4) is 0 Å². The van der Waals surface area contributed by atoms with Crippen LogP contribution in [0.2, 0.25) is 0 Å². The SMILES string of the molecule is Cn1ccc(-c2ncccc2N)n1. The summed E-state index contributed by atoms with van der Waals surface area (Å²) in [6.07, 6.45) is 3.57. The third-order valence-electron chi connectivity index (χ3n) is 1.80. The number of pyridine rings is 1. The smallest absolute Gasteiger partial charge is 0.113 e. The molecular weight excluding hydrogens is 164 g/mol. The standard InChI is InChI=1S/C9H10N4/c1-13-6-4-8(12-13)9-7(10)3-2-5-11-9/h2-6H,10H2,1H3. The number of nitrogens with zero attached hydrogens (tertiary/aromatic N) is 3. The highest BCUT2D eigenvalue weighted by atomic mass is 15.2. The lowest BCUT2D eigenvalue weighted by molar-refractivity contribution is 0.770. The van der Waals surface area contributed by atoms with Gasteiger partial charge in [-0.2, -0.15) is 5.10 Å². The molecule has 0 aliphatic rings. The topological polar surface area (TPSA) is 56.7 Å². The van der Waals surface area contributed by atoms with Crippen LogP contribution >= 0.6 is 0 Å². The summed E-state index contributed by atoms with van der Waals surface area (Å²) < 4.78 is 1.73. The Bertz CT molecular complexity index is 419. The number of hydrogen-bond donors (Lipinski definition) is 1. The van der Waals surface area contributed by atoms with E-state index in [2.05, 4.69) is 10.1 Å². The van der Waals surface area contributed by atoms with Gasteiger partial charge in [0.05, 0.1) is 5.69 Å². The van der Waals surface area contributed by atoms with Gasteiger partial charge in [-0.05, 0) is 18.2 Å². The Balaban J connectivity index is 2.52. The van der Waals surface area contributed by atoms with Crippen molar-refractivity contribution in [1.82, 2.24) is 14.8 Å². The van der Waals surface area contributed by atoms with Crippen molar-refractivity contribution < 1.29 is 0 Å². The molecule has 0 amide bonds. The predicted molar refractivity (Wildman–Crippen MR) is 50.9 cm³/mol. The summed E-state index contributed by atoms with van der Waals surface area (Å²) in [5, 5.41) is 4.22. The van der Waals surface area contributed by atoms with Crippen molar-refractivity contribution in [3.8, 4) is 11.4 Å². The molecule has 0 bridgehead atoms. The van der Waals surface area contributed by atoms with E-state index >= 15 is 0 Å². The largest absolute Gasteiger partial charge is 0.397 e. The zero-order valence-corrected chi connectivity index (χ0v) is 7.31. The second-order valence-electron chi connectivity index (χ2n) is 2.82. The maximum absolute atomic E-state index is 5.75. The normalized spacial score (nSPS) is 10.2. The van der Waals surface area contributed by atoms with Crippen LogP contribution in [-0.4, -0.2) is 14.8 Å². The molecule has 0 unspecified atom stereocenters. The summed E-state index contributed by atoms with van der Waals surface area (Å²) in [5.41, 5.74) is 7.95. The van der Waals surface area contributed by atoms with Gasteiger partial charge in [0.2, 0.25) is 0 Å². The van der Waals surface area contributed by atoms with Gasteiger partial charge in [-0.25, -0.2) is 0 Å². The number of nitrogens with two attached hydrogens (primary N) is 1. The fraction of sp³-hybridized carbons (Fsp3) is 0.111. The fourth-order valence-electron chi connectivity index (χ4n) is 1.17. The Morgan fingerprint density at radius 3 is 2.85 bits per heavy atom. The van der Waals surface area contributed by atoms with Gasteiger partial charge >= 0.3 is 0 Å². The molecule has 2 N–H and O–H groups in total. The average molecular weight is 174 g/mol. The number of anilines is 1. The van der Waals surface area contributed by atoms with E-state index in [4.69, 9.17) is 5.73 Å². The van der Waals surface area contributed by atoms with Crippen LogP contribution < -0.4 is 5.73 Å². The lowest BCUT2D eigenvalue weighted by Gasteiger charge is -1.98. The summed E-state index contributed by atoms with van der Waals surface area (Å²) in [6, 6.07) is 5.51. The summed E-state index contributed by atoms with van der Waals surface area (Å²) in [5.74, 6) is 0. The summed E-state index contributed by atoms with van der Waals surface area (Å²) in [6.45, 7) is 0. The Hall–Kier alpha value is -1.84. The minimum Gasteiger partial charge on any atom is -0.397 e. The van der Waals surface area contributed by atoms with Crippen molar-refractivity contribution in [3.63, 3.8) is 0 Å². The summed E-state index contributed by atoms with van der Waals surface area (Å²) in [7, 11) is 1.86. The highest BCUT2D eigenvalue weighted by Crippen LogP contribution is 2.19. The van der Waals surface area contributed by atoms with E-state index in [0.717, 1.165) is 11.4 Å². The molecule has 2 heterocycles. The molecule has 0 aliphatic carbocycles. The van der Waals surface area contributed by atoms with Crippen LogP contribution in [-0.2, 0) is 7.05 Å². The molecule has 0 atom stereocenters. The Morgan fingerprint density at radius 1 is 1.38 bits per heavy atom. The van der Waals surface area contributed by atoms with Crippen LogP contribution in [0.5, 0.6) is 0 Å². The van der Waals surface area contributed by atoms with E-state index in [0.29, 0.717) is 5.69 Å². The van der Waals surface area contributed by atoms with Gasteiger partial charge in [0.15, 0.2) is 0 Å². The predicted octanol–water partition coefficient (Wildman–Crippen LogP) is 1.06. The van der Waals surface area contributed by atoms with E-state index in [-0.39, 0.29) is 0 Å². The van der Waals surface area contributed by atoms with Crippen LogP contribution in [0.1, 0.15) is 0 Å². The Labute approximate surface area is 76.0 Å². The average Bonchev–Trinajstić information content (AvgIpc) is 2.53. The van der Waals surface area contributed by atoms with Crippen LogP contribution in [0.15, 0.2) is 30.6 Å². The first-order valence-electron chi connectivity index (χ1n) is 3.98. The number of aromatic nitrogens is 3. The highest BCUT2D eigenvalue weighted by molar-refractivity contribution is 5.68. The molecule has 0 aliphatic heterocycles. The quantitative estimate of drug-likeness (QED) is 0.703. The van der Waals surface area contributed by atoms with Gasteiger partial charge in [-0.15, -0.1) is 0 Å². The molecule has 0 fully saturated rings. The molecule has 2 aromatic rings. The molecule has 0 saturated heterocycles. The third-order valence-corrected chi connectivity index (χ3v) is 1.80. The number of hydrogen-bond acceptors (Lipinski definition) is 3. The van der Waals surface area contributed by atoms with Gasteiger partial charge in [-0.3, -0.25) is 9.67 Å². The van der Waals surface area contributed by atoms with Gasteiger partial charge in [0.25, 0.3) is 0 Å². The van der Waals surface area contributed by atoms with E-state index in [1.165, 1.54) is 0 Å². The molecule has 0 aromatic carbocycles. The van der Waals surface area contributed by atoms with Crippen molar-refractivity contribution in [2.75, 3.05) is 5.73 Å². The number of rotatable bonds is 1. The molecule has 4 heteroatoms. The van der Waals surface area contributed by atoms with Gasteiger partial charge in [0, 0.05) is 19.4 Å². The first kappa shape index (κ1) is 7.79. The number of aryl methyl sites for hydroxylation is 1. The van der Waals surface area contributed by atoms with Crippen molar-refractivity contribution >= 4 is 5.69 Å². The first-order chi connectivity index (χ1) is 6.27. The van der Waals surface area contributed by atoms with Crippen LogP contribution in [0.25, 0.3) is 11.4 Å². The Morgan fingerprint density at radius 2 is 2.23 bits per heavy atom. The van der Waals surface area contributed by atoms with Crippen LogP contribution in [0, 0.1) is 0 Å². The molecule has 0 saturated carbocycles. The lowest BCUT2D eigenvalue weighted by atomic mass is 10.2. The van der Waals surface area contributed by atoms with E-state index in [9.17, 15) is 0 Å². The second kappa shape index (κ2) is 2.90. The third kappa shape index (κ3) is 1.38.